The SMILES string of the molecule is CN1C=C(c2ccc(Cl)cc2)C(=O)C(c2cccc(C(F)(F)F)c2)C1. The molecule has 0 spiro atoms. The highest BCUT2D eigenvalue weighted by atomic mass is 35.5. The molecule has 0 aliphatic carbocycles. The zero-order chi connectivity index (χ0) is 18.2. The van der Waals surface area contributed by atoms with Crippen LogP contribution in [-0.2, 0) is 11.0 Å². The molecule has 0 fully saturated rings. The molecule has 3 rings (SSSR count). The van der Waals surface area contributed by atoms with E-state index in [2.05, 4.69) is 0 Å². The summed E-state index contributed by atoms with van der Waals surface area (Å²) in [5.41, 5.74) is 0.778. The highest BCUT2D eigenvalue weighted by Gasteiger charge is 2.34. The minimum Gasteiger partial charge on any atom is -0.379 e. The van der Waals surface area contributed by atoms with E-state index in [0.717, 1.165) is 12.1 Å². The zero-order valence-electron chi connectivity index (χ0n) is 13.3. The standard InChI is InChI=1S/C19H15ClF3NO/c1-24-10-16(12-5-7-15(20)8-6-12)18(25)17(11-24)13-3-2-4-14(9-13)19(21,22)23/h2-10,17H,11H2,1H3. The Morgan fingerprint density at radius 3 is 2.44 bits per heavy atom. The smallest absolute Gasteiger partial charge is 0.379 e. The molecule has 0 saturated heterocycles. The van der Waals surface area contributed by atoms with Gasteiger partial charge in [0.05, 0.1) is 11.5 Å². The summed E-state index contributed by atoms with van der Waals surface area (Å²) in [6.07, 6.45) is -2.72. The maximum atomic E-state index is 13.0. The van der Waals surface area contributed by atoms with E-state index in [-0.39, 0.29) is 5.78 Å². The number of halogens is 4. The first-order valence-electron chi connectivity index (χ1n) is 7.65. The molecule has 1 heterocycles. The van der Waals surface area contributed by atoms with Crippen molar-refractivity contribution in [3.63, 3.8) is 0 Å². The van der Waals surface area contributed by atoms with Crippen molar-refractivity contribution in [1.29, 1.82) is 0 Å². The summed E-state index contributed by atoms with van der Waals surface area (Å²) in [6.45, 7) is 0.331. The van der Waals surface area contributed by atoms with E-state index < -0.39 is 17.7 Å². The van der Waals surface area contributed by atoms with Gasteiger partial charge in [0.1, 0.15) is 0 Å². The van der Waals surface area contributed by atoms with Crippen LogP contribution >= 0.6 is 11.6 Å². The van der Waals surface area contributed by atoms with Gasteiger partial charge in [-0.2, -0.15) is 13.2 Å². The van der Waals surface area contributed by atoms with Crippen LogP contribution in [0.4, 0.5) is 13.2 Å². The molecule has 130 valence electrons. The van der Waals surface area contributed by atoms with E-state index in [0.29, 0.717) is 28.3 Å². The number of hydrogen-bond acceptors (Lipinski definition) is 2. The summed E-state index contributed by atoms with van der Waals surface area (Å²) in [4.78, 5) is 14.7. The third-order valence-electron chi connectivity index (χ3n) is 4.17. The number of hydrogen-bond donors (Lipinski definition) is 0. The van der Waals surface area contributed by atoms with Crippen molar-refractivity contribution >= 4 is 23.0 Å². The molecule has 2 aromatic rings. The van der Waals surface area contributed by atoms with Crippen LogP contribution in [0.5, 0.6) is 0 Å². The normalized spacial score (nSPS) is 18.3. The highest BCUT2D eigenvalue weighted by molar-refractivity contribution is 6.31. The number of carbonyl (C=O) groups excluding carboxylic acids is 1. The van der Waals surface area contributed by atoms with E-state index >= 15 is 0 Å². The second-order valence-electron chi connectivity index (χ2n) is 6.03. The Labute approximate surface area is 148 Å². The molecule has 2 aromatic carbocycles. The van der Waals surface area contributed by atoms with Crippen LogP contribution in [0, 0.1) is 0 Å². The summed E-state index contributed by atoms with van der Waals surface area (Å²) in [5, 5.41) is 0.551. The lowest BCUT2D eigenvalue weighted by Crippen LogP contribution is -2.32. The van der Waals surface area contributed by atoms with E-state index in [4.69, 9.17) is 11.6 Å². The average Bonchev–Trinajstić information content (AvgIpc) is 2.57. The zero-order valence-corrected chi connectivity index (χ0v) is 14.1. The van der Waals surface area contributed by atoms with Crippen molar-refractivity contribution < 1.29 is 18.0 Å². The first-order valence-corrected chi connectivity index (χ1v) is 8.03. The molecular weight excluding hydrogens is 351 g/mol. The molecule has 0 aromatic heterocycles. The Hall–Kier alpha value is -2.27. The van der Waals surface area contributed by atoms with Gasteiger partial charge in [-0.3, -0.25) is 4.79 Å². The topological polar surface area (TPSA) is 20.3 Å². The molecule has 0 N–H and O–H groups in total. The van der Waals surface area contributed by atoms with Gasteiger partial charge >= 0.3 is 6.18 Å². The molecule has 1 aliphatic heterocycles. The van der Waals surface area contributed by atoms with Crippen molar-refractivity contribution in [3.8, 4) is 0 Å². The second kappa shape index (κ2) is 6.56. The maximum absolute atomic E-state index is 13.0. The van der Waals surface area contributed by atoms with Crippen LogP contribution in [0.15, 0.2) is 54.7 Å². The van der Waals surface area contributed by atoms with Crippen LogP contribution in [-0.4, -0.2) is 24.3 Å². The van der Waals surface area contributed by atoms with Crippen LogP contribution in [0.25, 0.3) is 5.57 Å². The molecule has 1 aliphatic rings. The minimum atomic E-state index is -4.44. The molecule has 25 heavy (non-hydrogen) atoms. The monoisotopic (exact) mass is 365 g/mol. The van der Waals surface area contributed by atoms with E-state index in [1.165, 1.54) is 6.07 Å². The lowest BCUT2D eigenvalue weighted by molar-refractivity contribution is -0.137. The van der Waals surface area contributed by atoms with Gasteiger partial charge in [-0.05, 0) is 29.3 Å². The fourth-order valence-corrected chi connectivity index (χ4v) is 3.06. The van der Waals surface area contributed by atoms with E-state index in [1.54, 1.807) is 43.6 Å². The number of ketones is 1. The van der Waals surface area contributed by atoms with Crippen molar-refractivity contribution in [2.45, 2.75) is 12.1 Å². The Morgan fingerprint density at radius 1 is 1.12 bits per heavy atom. The summed E-state index contributed by atoms with van der Waals surface area (Å²) >= 11 is 5.88. The lowest BCUT2D eigenvalue weighted by Gasteiger charge is -2.29. The fraction of sp³-hybridized carbons (Fsp3) is 0.211. The Morgan fingerprint density at radius 2 is 1.80 bits per heavy atom. The Bertz CT molecular complexity index is 827. The molecular formula is C19H15ClF3NO. The Kier molecular flexibility index (Phi) is 4.60. The number of benzene rings is 2. The minimum absolute atomic E-state index is 0.195. The fourth-order valence-electron chi connectivity index (χ4n) is 2.93. The first-order chi connectivity index (χ1) is 11.8. The van der Waals surface area contributed by atoms with Crippen molar-refractivity contribution in [2.24, 2.45) is 0 Å². The molecule has 0 bridgehead atoms. The molecule has 2 nitrogen and oxygen atoms in total. The van der Waals surface area contributed by atoms with Crippen LogP contribution < -0.4 is 0 Å². The van der Waals surface area contributed by atoms with Gasteiger partial charge in [0, 0.05) is 30.4 Å². The van der Waals surface area contributed by atoms with Gasteiger partial charge in [-0.25, -0.2) is 0 Å². The lowest BCUT2D eigenvalue weighted by atomic mass is 9.85. The molecule has 0 radical (unpaired) electrons. The quantitative estimate of drug-likeness (QED) is 0.746. The maximum Gasteiger partial charge on any atom is 0.416 e. The van der Waals surface area contributed by atoms with E-state index in [9.17, 15) is 18.0 Å². The van der Waals surface area contributed by atoms with Crippen LogP contribution in [0.1, 0.15) is 22.6 Å². The molecule has 6 heteroatoms. The number of Topliss-reactive ketones (excluding diaryl/α,β-unsaturated/α-hetero) is 1. The largest absolute Gasteiger partial charge is 0.416 e. The molecule has 1 atom stereocenters. The highest BCUT2D eigenvalue weighted by Crippen LogP contribution is 2.35. The number of likely N-dealkylation sites (N-methyl/N-ethyl adjacent to an activating group) is 1. The molecule has 1 unspecified atom stereocenters. The van der Waals surface area contributed by atoms with Gasteiger partial charge < -0.3 is 4.90 Å². The van der Waals surface area contributed by atoms with Crippen molar-refractivity contribution in [1.82, 2.24) is 4.90 Å². The average molecular weight is 366 g/mol. The number of alkyl halides is 3. The molecule has 0 saturated carbocycles. The van der Waals surface area contributed by atoms with Crippen LogP contribution in [0.3, 0.4) is 0 Å². The summed E-state index contributed by atoms with van der Waals surface area (Å²) < 4.78 is 38.9. The third-order valence-corrected chi connectivity index (χ3v) is 4.43. The number of carbonyl (C=O) groups is 1. The van der Waals surface area contributed by atoms with Gasteiger partial charge in [0.2, 0.25) is 0 Å². The van der Waals surface area contributed by atoms with Crippen molar-refractivity contribution in [3.05, 3.63) is 76.4 Å². The first kappa shape index (κ1) is 17.5. The van der Waals surface area contributed by atoms with E-state index in [1.807, 2.05) is 4.90 Å². The predicted octanol–water partition coefficient (Wildman–Crippen LogP) is 5.00. The van der Waals surface area contributed by atoms with Crippen molar-refractivity contribution in [2.75, 3.05) is 13.6 Å². The number of allylic oxidation sites excluding steroid dienone is 1. The molecule has 0 amide bonds. The van der Waals surface area contributed by atoms with Gasteiger partial charge in [-0.15, -0.1) is 0 Å². The summed E-state index contributed by atoms with van der Waals surface area (Å²) in [7, 11) is 1.79. The van der Waals surface area contributed by atoms with Gasteiger partial charge in [0.25, 0.3) is 0 Å². The van der Waals surface area contributed by atoms with Crippen LogP contribution in [0.2, 0.25) is 5.02 Å². The second-order valence-corrected chi connectivity index (χ2v) is 6.47. The summed E-state index contributed by atoms with van der Waals surface area (Å²) in [6, 6.07) is 11.8. The predicted molar refractivity (Wildman–Crippen MR) is 91.3 cm³/mol. The number of rotatable bonds is 2. The Balaban J connectivity index is 1.98. The summed E-state index contributed by atoms with van der Waals surface area (Å²) in [5.74, 6) is -0.845. The third kappa shape index (κ3) is 3.71. The van der Waals surface area contributed by atoms with Gasteiger partial charge in [0.15, 0.2) is 5.78 Å². The van der Waals surface area contributed by atoms with Gasteiger partial charge in [-0.1, -0.05) is 41.9 Å². The number of nitrogens with zero attached hydrogens (tertiary/aromatic N) is 1.